The van der Waals surface area contributed by atoms with E-state index in [0.29, 0.717) is 19.3 Å². The second kappa shape index (κ2) is 41.3. The van der Waals surface area contributed by atoms with Crippen LogP contribution in [0, 0.1) is 0 Å². The van der Waals surface area contributed by atoms with Crippen molar-refractivity contribution in [3.8, 4) is 0 Å². The third kappa shape index (κ3) is 35.3. The van der Waals surface area contributed by atoms with Crippen LogP contribution in [0.4, 0.5) is 0 Å². The van der Waals surface area contributed by atoms with Crippen LogP contribution in [0.2, 0.25) is 0 Å². The van der Waals surface area contributed by atoms with Crippen molar-refractivity contribution in [2.24, 2.45) is 0 Å². The lowest BCUT2D eigenvalue weighted by atomic mass is 10.00. The molecule has 0 saturated carbocycles. The van der Waals surface area contributed by atoms with Gasteiger partial charge in [-0.3, -0.25) is 14.1 Å². The summed E-state index contributed by atoms with van der Waals surface area (Å²) in [6, 6.07) is 0. The fraction of sp³-hybridized carbons (Fsp3) is 0.882. The highest BCUT2D eigenvalue weighted by Crippen LogP contribution is 2.24. The summed E-state index contributed by atoms with van der Waals surface area (Å²) in [4.78, 5) is 25.4. The van der Waals surface area contributed by atoms with Crippen LogP contribution in [-0.2, 0) is 38.7 Å². The van der Waals surface area contributed by atoms with Crippen molar-refractivity contribution in [2.75, 3.05) is 19.0 Å². The Morgan fingerprint density at radius 3 is 1.34 bits per heavy atom. The van der Waals surface area contributed by atoms with Gasteiger partial charge in [-0.2, -0.15) is 8.42 Å². The van der Waals surface area contributed by atoms with Crippen LogP contribution in [0.3, 0.4) is 0 Å². The maximum Gasteiger partial charge on any atom is 0.306 e. The predicted molar refractivity (Wildman–Crippen MR) is 256 cm³/mol. The molecule has 0 bridgehead atoms. The van der Waals surface area contributed by atoms with Gasteiger partial charge in [0.15, 0.2) is 12.4 Å². The zero-order valence-corrected chi connectivity index (χ0v) is 41.2. The first-order valence-electron chi connectivity index (χ1n) is 25.9. The van der Waals surface area contributed by atoms with E-state index in [0.717, 1.165) is 38.5 Å². The monoisotopic (exact) mass is 931 g/mol. The molecule has 4 N–H and O–H groups in total. The average Bonchev–Trinajstić information content (AvgIpc) is 3.26. The van der Waals surface area contributed by atoms with E-state index in [2.05, 4.69) is 38.2 Å². The molecule has 0 radical (unpaired) electrons. The van der Waals surface area contributed by atoms with Crippen LogP contribution >= 0.6 is 0 Å². The van der Waals surface area contributed by atoms with E-state index in [1.165, 1.54) is 148 Å². The first-order chi connectivity index (χ1) is 31.0. The van der Waals surface area contributed by atoms with Gasteiger partial charge >= 0.3 is 11.9 Å². The molecule has 0 spiro atoms. The summed E-state index contributed by atoms with van der Waals surface area (Å²) in [5.41, 5.74) is 0. The molecule has 64 heavy (non-hydrogen) atoms. The number of aliphatic hydroxyl groups is 3. The van der Waals surface area contributed by atoms with Crippen LogP contribution in [-0.4, -0.2) is 96.0 Å². The highest BCUT2D eigenvalue weighted by atomic mass is 32.2. The topological polar surface area (TPSA) is 186 Å². The molecule has 1 heterocycles. The molecule has 2 unspecified atom stereocenters. The molecule has 13 heteroatoms. The maximum absolute atomic E-state index is 12.8. The number of esters is 2. The summed E-state index contributed by atoms with van der Waals surface area (Å²) >= 11 is 0. The van der Waals surface area contributed by atoms with E-state index in [1.54, 1.807) is 0 Å². The predicted octanol–water partition coefficient (Wildman–Crippen LogP) is 11.6. The fourth-order valence-electron chi connectivity index (χ4n) is 7.97. The van der Waals surface area contributed by atoms with Crippen LogP contribution < -0.4 is 0 Å². The number of carbonyl (C=O) groups is 2. The SMILES string of the molecule is CCCCCCCC/C=C/CCCCCC(=O)OC[C@H](CO[C@H]1O[C@H](CS(=O)(=O)O)[C@@H](O)C(O)C1O)OC(=O)CCC/C=C/CCCCCCCCCCCCCCCCCCCC. The van der Waals surface area contributed by atoms with Gasteiger partial charge in [-0.05, 0) is 57.8 Å². The normalized spacial score (nSPS) is 19.8. The molecule has 0 aromatic rings. The lowest BCUT2D eigenvalue weighted by molar-refractivity contribution is -0.297. The molecule has 0 aromatic carbocycles. The Morgan fingerprint density at radius 2 is 0.906 bits per heavy atom. The quantitative estimate of drug-likeness (QED) is 0.0196. The van der Waals surface area contributed by atoms with E-state index in [-0.39, 0.29) is 19.4 Å². The molecule has 1 aliphatic rings. The molecule has 1 rings (SSSR count). The number of hydrogen-bond acceptors (Lipinski definition) is 11. The summed E-state index contributed by atoms with van der Waals surface area (Å²) in [5.74, 6) is -2.03. The van der Waals surface area contributed by atoms with Gasteiger partial charge in [0.2, 0.25) is 0 Å². The molecule has 6 atom stereocenters. The third-order valence-corrected chi connectivity index (χ3v) is 12.8. The maximum atomic E-state index is 12.8. The van der Waals surface area contributed by atoms with Gasteiger partial charge in [-0.1, -0.05) is 186 Å². The van der Waals surface area contributed by atoms with Crippen molar-refractivity contribution in [1.82, 2.24) is 0 Å². The molecular formula is C51H94O12S. The first-order valence-corrected chi connectivity index (χ1v) is 27.5. The van der Waals surface area contributed by atoms with Crippen molar-refractivity contribution in [3.63, 3.8) is 0 Å². The van der Waals surface area contributed by atoms with E-state index in [4.69, 9.17) is 18.9 Å². The van der Waals surface area contributed by atoms with Crippen molar-refractivity contribution >= 4 is 22.1 Å². The molecular weight excluding hydrogens is 837 g/mol. The minimum absolute atomic E-state index is 0.116. The van der Waals surface area contributed by atoms with Crippen LogP contribution in [0.15, 0.2) is 24.3 Å². The van der Waals surface area contributed by atoms with Gasteiger partial charge < -0.3 is 34.3 Å². The number of hydrogen-bond donors (Lipinski definition) is 4. The average molecular weight is 931 g/mol. The lowest BCUT2D eigenvalue weighted by Gasteiger charge is -2.40. The number of rotatable bonds is 44. The smallest absolute Gasteiger partial charge is 0.306 e. The molecule has 0 aromatic heterocycles. The Morgan fingerprint density at radius 1 is 0.516 bits per heavy atom. The largest absolute Gasteiger partial charge is 0.462 e. The van der Waals surface area contributed by atoms with Gasteiger partial charge in [0.05, 0.1) is 6.61 Å². The van der Waals surface area contributed by atoms with Crippen molar-refractivity contribution < 1.29 is 56.8 Å². The van der Waals surface area contributed by atoms with Gasteiger partial charge in [0.1, 0.15) is 36.8 Å². The van der Waals surface area contributed by atoms with E-state index in [9.17, 15) is 37.9 Å². The Balaban J connectivity index is 2.36. The van der Waals surface area contributed by atoms with Crippen molar-refractivity contribution in [3.05, 3.63) is 24.3 Å². The summed E-state index contributed by atoms with van der Waals surface area (Å²) in [5, 5.41) is 30.9. The third-order valence-electron chi connectivity index (χ3n) is 12.0. The highest BCUT2D eigenvalue weighted by molar-refractivity contribution is 7.85. The molecule has 1 saturated heterocycles. The molecule has 1 aliphatic heterocycles. The number of unbranched alkanes of at least 4 members (excludes halogenated alkanes) is 28. The molecule has 376 valence electrons. The van der Waals surface area contributed by atoms with Crippen LogP contribution in [0.1, 0.15) is 232 Å². The van der Waals surface area contributed by atoms with Crippen molar-refractivity contribution in [1.29, 1.82) is 0 Å². The van der Waals surface area contributed by atoms with Gasteiger partial charge in [0.25, 0.3) is 10.1 Å². The molecule has 1 fully saturated rings. The van der Waals surface area contributed by atoms with E-state index >= 15 is 0 Å². The first kappa shape index (κ1) is 60.1. The fourth-order valence-corrected chi connectivity index (χ4v) is 8.66. The highest BCUT2D eigenvalue weighted by Gasteiger charge is 2.46. The second-order valence-electron chi connectivity index (χ2n) is 18.2. The van der Waals surface area contributed by atoms with Crippen molar-refractivity contribution in [2.45, 2.75) is 269 Å². The zero-order chi connectivity index (χ0) is 46.9. The summed E-state index contributed by atoms with van der Waals surface area (Å²) < 4.78 is 54.1. The molecule has 12 nitrogen and oxygen atoms in total. The van der Waals surface area contributed by atoms with Crippen LogP contribution in [0.5, 0.6) is 0 Å². The van der Waals surface area contributed by atoms with Gasteiger partial charge in [0, 0.05) is 12.8 Å². The lowest BCUT2D eigenvalue weighted by Crippen LogP contribution is -2.60. The molecule has 0 aliphatic carbocycles. The Hall–Kier alpha value is -1.87. The number of ether oxygens (including phenoxy) is 4. The Kier molecular flexibility index (Phi) is 38.8. The van der Waals surface area contributed by atoms with Gasteiger partial charge in [-0.15, -0.1) is 0 Å². The standard InChI is InChI=1S/C51H94O12S/c1-3-5-7-9-11-13-15-17-18-19-20-21-22-23-24-25-26-28-30-32-34-36-38-40-47(53)62-44(42-61-51-50(56)49(55)48(54)45(63-51)43-64(57,58)59)41-60-46(52)39-37-35-33-31-29-27-16-14-12-10-8-6-4-2/h27,29,32,34,44-45,48-51,54-56H,3-26,28,30-31,33,35-43H2,1-2H3,(H,57,58,59)/b29-27+,34-32+/t44-,45-,48-,49?,50?,51+/m1/s1. The summed E-state index contributed by atoms with van der Waals surface area (Å²) in [6.07, 6.45) is 38.1. The Labute approximate surface area is 389 Å². The second-order valence-corrected chi connectivity index (χ2v) is 19.7. The number of aliphatic hydroxyl groups excluding tert-OH is 3. The zero-order valence-electron chi connectivity index (χ0n) is 40.4. The van der Waals surface area contributed by atoms with Crippen LogP contribution in [0.25, 0.3) is 0 Å². The number of carbonyl (C=O) groups excluding carboxylic acids is 2. The Bertz CT molecular complexity index is 1270. The molecule has 0 amide bonds. The van der Waals surface area contributed by atoms with E-state index in [1.807, 2.05) is 0 Å². The summed E-state index contributed by atoms with van der Waals surface area (Å²) in [7, 11) is -4.61. The van der Waals surface area contributed by atoms with Gasteiger partial charge in [-0.25, -0.2) is 0 Å². The minimum Gasteiger partial charge on any atom is -0.462 e. The van der Waals surface area contributed by atoms with E-state index < -0.39 is 71.2 Å². The summed E-state index contributed by atoms with van der Waals surface area (Å²) in [6.45, 7) is 3.75. The number of allylic oxidation sites excluding steroid dienone is 4. The minimum atomic E-state index is -4.61.